The van der Waals surface area contributed by atoms with E-state index in [1.54, 1.807) is 6.07 Å². The van der Waals surface area contributed by atoms with Gasteiger partial charge in [-0.2, -0.15) is 34.8 Å². The zero-order valence-electron chi connectivity index (χ0n) is 21.9. The number of hydrogen-bond donors (Lipinski definition) is 0. The Balaban J connectivity index is 1.67. The van der Waals surface area contributed by atoms with Gasteiger partial charge in [0.25, 0.3) is 16.0 Å². The van der Waals surface area contributed by atoms with Crippen molar-refractivity contribution in [2.45, 2.75) is 41.9 Å². The van der Waals surface area contributed by atoms with Crippen molar-refractivity contribution in [3.8, 4) is 0 Å². The summed E-state index contributed by atoms with van der Waals surface area (Å²) in [6.45, 7) is -0.510. The predicted octanol–water partition coefficient (Wildman–Crippen LogP) is 8.65. The van der Waals surface area contributed by atoms with Crippen LogP contribution in [-0.2, 0) is 32.1 Å². The molecular weight excluding hydrogens is 667 g/mol. The van der Waals surface area contributed by atoms with E-state index >= 15 is 0 Å². The Morgan fingerprint density at radius 3 is 2.02 bits per heavy atom. The van der Waals surface area contributed by atoms with Crippen molar-refractivity contribution in [3.05, 3.63) is 98.0 Å². The van der Waals surface area contributed by atoms with Gasteiger partial charge < -0.3 is 4.90 Å². The third-order valence-electron chi connectivity index (χ3n) is 7.15. The van der Waals surface area contributed by atoms with E-state index in [9.17, 15) is 39.6 Å². The highest BCUT2D eigenvalue weighted by Gasteiger charge is 2.41. The number of piperidine rings is 1. The van der Waals surface area contributed by atoms with Crippen LogP contribution in [0.25, 0.3) is 0 Å². The summed E-state index contributed by atoms with van der Waals surface area (Å²) in [5.74, 6) is -1.05. The van der Waals surface area contributed by atoms with E-state index in [1.165, 1.54) is 36.4 Å². The molecule has 1 aliphatic rings. The van der Waals surface area contributed by atoms with Crippen molar-refractivity contribution in [1.82, 2.24) is 4.90 Å². The van der Waals surface area contributed by atoms with Crippen LogP contribution in [0.2, 0.25) is 15.1 Å². The number of nitrogens with zero attached hydrogens (tertiary/aromatic N) is 1. The largest absolute Gasteiger partial charge is 0.416 e. The molecule has 1 aliphatic heterocycles. The molecule has 0 radical (unpaired) electrons. The molecule has 1 heterocycles. The van der Waals surface area contributed by atoms with Gasteiger partial charge in [0.15, 0.2) is 0 Å². The van der Waals surface area contributed by atoms with Crippen molar-refractivity contribution in [2.75, 3.05) is 19.7 Å². The van der Waals surface area contributed by atoms with Crippen LogP contribution in [-0.4, -0.2) is 38.9 Å². The quantitative estimate of drug-likeness (QED) is 0.184. The molecule has 0 aliphatic carbocycles. The van der Waals surface area contributed by atoms with Crippen molar-refractivity contribution >= 4 is 50.8 Å². The van der Waals surface area contributed by atoms with Crippen LogP contribution in [0.1, 0.15) is 46.3 Å². The first-order valence-electron chi connectivity index (χ1n) is 12.6. The van der Waals surface area contributed by atoms with Gasteiger partial charge in [0.1, 0.15) is 0 Å². The SMILES string of the molecule is O=C(c1cc(C(F)(F)F)cc(C(F)(F)F)c1)N1CCCC(CCOS(=O)(=O)c2ccc(Cl)cc2)(c2ccc(Cl)c(Cl)c2)C1. The summed E-state index contributed by atoms with van der Waals surface area (Å²) in [5.41, 5.74) is -4.51. The molecular formula is C28H22Cl3F6NO4S. The molecule has 0 saturated carbocycles. The summed E-state index contributed by atoms with van der Waals surface area (Å²) in [5, 5.41) is 0.687. The van der Waals surface area contributed by atoms with Gasteiger partial charge >= 0.3 is 12.4 Å². The van der Waals surface area contributed by atoms with Crippen LogP contribution >= 0.6 is 34.8 Å². The number of hydrogen-bond acceptors (Lipinski definition) is 4. The molecule has 0 N–H and O–H groups in total. The van der Waals surface area contributed by atoms with E-state index in [2.05, 4.69) is 0 Å². The molecule has 1 atom stereocenters. The summed E-state index contributed by atoms with van der Waals surface area (Å²) in [4.78, 5) is 14.5. The maximum absolute atomic E-state index is 13.4. The highest BCUT2D eigenvalue weighted by atomic mass is 35.5. The van der Waals surface area contributed by atoms with Gasteiger partial charge in [0.2, 0.25) is 0 Å². The summed E-state index contributed by atoms with van der Waals surface area (Å²) in [7, 11) is -4.21. The fourth-order valence-electron chi connectivity index (χ4n) is 4.99. The molecule has 1 saturated heterocycles. The van der Waals surface area contributed by atoms with Crippen molar-refractivity contribution < 1.29 is 43.7 Å². The highest BCUT2D eigenvalue weighted by Crippen LogP contribution is 2.41. The minimum Gasteiger partial charge on any atom is -0.338 e. The molecule has 3 aromatic carbocycles. The first-order chi connectivity index (χ1) is 19.9. The Morgan fingerprint density at radius 2 is 1.47 bits per heavy atom. The predicted molar refractivity (Wildman–Crippen MR) is 149 cm³/mol. The lowest BCUT2D eigenvalue weighted by Gasteiger charge is -2.43. The van der Waals surface area contributed by atoms with Gasteiger partial charge in [-0.25, -0.2) is 0 Å². The zero-order chi connectivity index (χ0) is 31.8. The highest BCUT2D eigenvalue weighted by molar-refractivity contribution is 7.86. The summed E-state index contributed by atoms with van der Waals surface area (Å²) >= 11 is 18.1. The smallest absolute Gasteiger partial charge is 0.338 e. The second-order valence-corrected chi connectivity index (χ2v) is 12.9. The lowest BCUT2D eigenvalue weighted by atomic mass is 9.71. The molecule has 0 bridgehead atoms. The van der Waals surface area contributed by atoms with Crippen LogP contribution in [0.3, 0.4) is 0 Å². The second kappa shape index (κ2) is 12.5. The molecule has 232 valence electrons. The van der Waals surface area contributed by atoms with E-state index in [0.29, 0.717) is 35.6 Å². The molecule has 3 aromatic rings. The van der Waals surface area contributed by atoms with Gasteiger partial charge in [-0.1, -0.05) is 40.9 Å². The standard InChI is InChI=1S/C28H22Cl3F6NO4S/c29-21-3-5-22(6-4-21)43(40,41)42-11-9-26(18-2-7-23(30)24(31)15-18)8-1-10-38(16-26)25(39)17-12-19(27(32,33)34)14-20(13-17)28(35,36)37/h2-7,12-15H,1,8-11,16H2. The maximum Gasteiger partial charge on any atom is 0.416 e. The van der Waals surface area contributed by atoms with Crippen molar-refractivity contribution in [1.29, 1.82) is 0 Å². The average Bonchev–Trinajstić information content (AvgIpc) is 2.93. The fourth-order valence-corrected chi connectivity index (χ4v) is 6.32. The minimum atomic E-state index is -5.13. The molecule has 1 fully saturated rings. The average molecular weight is 689 g/mol. The lowest BCUT2D eigenvalue weighted by Crippen LogP contribution is -2.49. The molecule has 43 heavy (non-hydrogen) atoms. The van der Waals surface area contributed by atoms with E-state index in [0.717, 1.165) is 4.90 Å². The number of alkyl halides is 6. The third-order valence-corrected chi connectivity index (χ3v) is 9.47. The lowest BCUT2D eigenvalue weighted by molar-refractivity contribution is -0.143. The number of rotatable bonds is 7. The fraction of sp³-hybridized carbons (Fsp3) is 0.321. The molecule has 15 heteroatoms. The van der Waals surface area contributed by atoms with Crippen LogP contribution in [0.15, 0.2) is 65.6 Å². The topological polar surface area (TPSA) is 63.7 Å². The van der Waals surface area contributed by atoms with Crippen LogP contribution in [0.5, 0.6) is 0 Å². The van der Waals surface area contributed by atoms with Crippen LogP contribution < -0.4 is 0 Å². The Labute approximate surface area is 258 Å². The second-order valence-electron chi connectivity index (χ2n) is 10.0. The number of carbonyl (C=O) groups is 1. The summed E-state index contributed by atoms with van der Waals surface area (Å²) in [6, 6.07) is 10.6. The molecule has 0 aromatic heterocycles. The maximum atomic E-state index is 13.4. The first kappa shape index (κ1) is 33.4. The van der Waals surface area contributed by atoms with E-state index < -0.39 is 50.5 Å². The van der Waals surface area contributed by atoms with E-state index in [-0.39, 0.29) is 47.1 Å². The minimum absolute atomic E-state index is 0.00203. The number of benzene rings is 3. The first-order valence-corrected chi connectivity index (χ1v) is 15.1. The number of halogens is 9. The molecule has 0 spiro atoms. The van der Waals surface area contributed by atoms with Gasteiger partial charge in [0, 0.05) is 29.1 Å². The molecule has 1 amide bonds. The van der Waals surface area contributed by atoms with Crippen molar-refractivity contribution in [2.24, 2.45) is 0 Å². The monoisotopic (exact) mass is 687 g/mol. The van der Waals surface area contributed by atoms with E-state index in [1.807, 2.05) is 0 Å². The number of likely N-dealkylation sites (tertiary alicyclic amines) is 1. The Morgan fingerprint density at radius 1 is 0.860 bits per heavy atom. The third kappa shape index (κ3) is 7.78. The van der Waals surface area contributed by atoms with Gasteiger partial charge in [0.05, 0.1) is 32.7 Å². The van der Waals surface area contributed by atoms with Gasteiger partial charge in [-0.3, -0.25) is 8.98 Å². The van der Waals surface area contributed by atoms with Crippen LogP contribution in [0, 0.1) is 0 Å². The van der Waals surface area contributed by atoms with Gasteiger partial charge in [-0.15, -0.1) is 0 Å². The van der Waals surface area contributed by atoms with Crippen LogP contribution in [0.4, 0.5) is 26.3 Å². The summed E-state index contributed by atoms with van der Waals surface area (Å²) in [6.07, 6.45) is -9.60. The molecule has 4 rings (SSSR count). The van der Waals surface area contributed by atoms with E-state index in [4.69, 9.17) is 39.0 Å². The summed E-state index contributed by atoms with van der Waals surface area (Å²) < 4.78 is 111. The van der Waals surface area contributed by atoms with Crippen molar-refractivity contribution in [3.63, 3.8) is 0 Å². The Bertz CT molecular complexity index is 1580. The number of amides is 1. The Hall–Kier alpha value is -2.51. The number of carbonyl (C=O) groups excluding carboxylic acids is 1. The normalized spacial score (nSPS) is 18.1. The zero-order valence-corrected chi connectivity index (χ0v) is 25.0. The van der Waals surface area contributed by atoms with Gasteiger partial charge in [-0.05, 0) is 79.4 Å². The Kier molecular flexibility index (Phi) is 9.68. The molecule has 5 nitrogen and oxygen atoms in total. The molecule has 1 unspecified atom stereocenters.